The first-order chi connectivity index (χ1) is 8.13. The van der Waals surface area contributed by atoms with Crippen molar-refractivity contribution in [2.75, 3.05) is 13.1 Å². The second-order valence-electron chi connectivity index (χ2n) is 4.26. The summed E-state index contributed by atoms with van der Waals surface area (Å²) in [7, 11) is 1.88. The first-order valence-corrected chi connectivity index (χ1v) is 6.19. The molecular weight excluding hydrogens is 240 g/mol. The number of imidazole rings is 1. The Labute approximate surface area is 106 Å². The van der Waals surface area contributed by atoms with E-state index in [1.165, 1.54) is 0 Å². The van der Waals surface area contributed by atoms with E-state index >= 15 is 0 Å². The molecule has 0 aliphatic carbocycles. The van der Waals surface area contributed by atoms with Crippen molar-refractivity contribution >= 4 is 17.5 Å². The molecule has 1 aliphatic heterocycles. The Morgan fingerprint density at radius 1 is 1.65 bits per heavy atom. The summed E-state index contributed by atoms with van der Waals surface area (Å²) < 4.78 is 1.85. The third-order valence-electron chi connectivity index (χ3n) is 3.22. The van der Waals surface area contributed by atoms with Gasteiger partial charge in [-0.25, -0.2) is 4.98 Å². The van der Waals surface area contributed by atoms with Crippen LogP contribution in [0.1, 0.15) is 19.0 Å². The number of carbonyl (C=O) groups is 1. The average Bonchev–Trinajstić information content (AvgIpc) is 2.61. The van der Waals surface area contributed by atoms with Gasteiger partial charge in [-0.1, -0.05) is 6.92 Å². The number of amides is 1. The quantitative estimate of drug-likeness (QED) is 0.870. The van der Waals surface area contributed by atoms with Gasteiger partial charge in [0.25, 0.3) is 0 Å². The topological polar surface area (TPSA) is 50.2 Å². The molecular formula is C11H17ClN4O. The summed E-state index contributed by atoms with van der Waals surface area (Å²) in [4.78, 5) is 17.9. The Morgan fingerprint density at radius 3 is 3.00 bits per heavy atom. The number of nitrogens with zero attached hydrogens (tertiary/aromatic N) is 3. The number of piperazine rings is 1. The largest absolute Gasteiger partial charge is 0.353 e. The van der Waals surface area contributed by atoms with Crippen molar-refractivity contribution in [2.24, 2.45) is 7.05 Å². The Kier molecular flexibility index (Phi) is 3.69. The lowest BCUT2D eigenvalue weighted by molar-refractivity contribution is -0.129. The fraction of sp³-hybridized carbons (Fsp3) is 0.636. The second-order valence-corrected chi connectivity index (χ2v) is 4.60. The first kappa shape index (κ1) is 12.4. The van der Waals surface area contributed by atoms with Crippen LogP contribution in [-0.2, 0) is 18.4 Å². The summed E-state index contributed by atoms with van der Waals surface area (Å²) >= 11 is 5.90. The van der Waals surface area contributed by atoms with E-state index in [-0.39, 0.29) is 11.9 Å². The van der Waals surface area contributed by atoms with Gasteiger partial charge in [-0.15, -0.1) is 0 Å². The summed E-state index contributed by atoms with van der Waals surface area (Å²) in [5.74, 6) is 0.118. The van der Waals surface area contributed by atoms with Gasteiger partial charge in [-0.05, 0) is 18.0 Å². The fourth-order valence-corrected chi connectivity index (χ4v) is 2.33. The van der Waals surface area contributed by atoms with Gasteiger partial charge in [0.05, 0.1) is 17.9 Å². The van der Waals surface area contributed by atoms with Crippen LogP contribution >= 0.6 is 11.6 Å². The average molecular weight is 257 g/mol. The molecule has 5 nitrogen and oxygen atoms in total. The van der Waals surface area contributed by atoms with E-state index in [0.29, 0.717) is 18.4 Å². The predicted molar refractivity (Wildman–Crippen MR) is 65.7 cm³/mol. The molecule has 1 aliphatic rings. The smallest absolute Gasteiger partial charge is 0.237 e. The van der Waals surface area contributed by atoms with Gasteiger partial charge >= 0.3 is 0 Å². The molecule has 0 spiro atoms. The molecule has 1 unspecified atom stereocenters. The van der Waals surface area contributed by atoms with Crippen molar-refractivity contribution in [2.45, 2.75) is 25.9 Å². The van der Waals surface area contributed by atoms with Crippen LogP contribution in [0.2, 0.25) is 5.28 Å². The molecule has 1 amide bonds. The van der Waals surface area contributed by atoms with E-state index in [1.54, 1.807) is 6.20 Å². The monoisotopic (exact) mass is 256 g/mol. The maximum absolute atomic E-state index is 11.7. The summed E-state index contributed by atoms with van der Waals surface area (Å²) in [6.07, 6.45) is 2.58. The molecule has 2 rings (SSSR count). The third kappa shape index (κ3) is 2.45. The van der Waals surface area contributed by atoms with E-state index in [1.807, 2.05) is 18.5 Å². The lowest BCUT2D eigenvalue weighted by Crippen LogP contribution is -2.54. The number of hydrogen-bond acceptors (Lipinski definition) is 3. The van der Waals surface area contributed by atoms with E-state index in [2.05, 4.69) is 15.2 Å². The molecule has 0 radical (unpaired) electrons. The minimum absolute atomic E-state index is 0.0441. The van der Waals surface area contributed by atoms with Crippen LogP contribution in [0.5, 0.6) is 0 Å². The maximum atomic E-state index is 11.7. The molecule has 2 heterocycles. The number of rotatable bonds is 3. The van der Waals surface area contributed by atoms with Gasteiger partial charge in [-0.2, -0.15) is 0 Å². The molecule has 1 aromatic rings. The Morgan fingerprint density at radius 2 is 2.41 bits per heavy atom. The zero-order valence-electron chi connectivity index (χ0n) is 10.1. The van der Waals surface area contributed by atoms with Crippen molar-refractivity contribution in [3.05, 3.63) is 17.2 Å². The molecule has 0 saturated carbocycles. The second kappa shape index (κ2) is 5.06. The van der Waals surface area contributed by atoms with Crippen molar-refractivity contribution in [1.82, 2.24) is 19.8 Å². The summed E-state index contributed by atoms with van der Waals surface area (Å²) in [6, 6.07) is -0.0441. The SMILES string of the molecule is CCC1C(=O)NCCN1Cc1cnc(Cl)n1C. The summed E-state index contributed by atoms with van der Waals surface area (Å²) in [5.41, 5.74) is 1.03. The molecule has 6 heteroatoms. The van der Waals surface area contributed by atoms with Crippen LogP contribution in [0.3, 0.4) is 0 Å². The Bertz CT molecular complexity index is 418. The minimum atomic E-state index is -0.0441. The van der Waals surface area contributed by atoms with Crippen LogP contribution in [0, 0.1) is 0 Å². The number of halogens is 1. The molecule has 1 atom stereocenters. The van der Waals surface area contributed by atoms with Crippen molar-refractivity contribution in [3.63, 3.8) is 0 Å². The maximum Gasteiger partial charge on any atom is 0.237 e. The number of nitrogens with one attached hydrogen (secondary N) is 1. The lowest BCUT2D eigenvalue weighted by atomic mass is 10.1. The minimum Gasteiger partial charge on any atom is -0.353 e. The van der Waals surface area contributed by atoms with Gasteiger partial charge in [0.15, 0.2) is 0 Å². The molecule has 0 aromatic carbocycles. The van der Waals surface area contributed by atoms with Crippen molar-refractivity contribution < 1.29 is 4.79 Å². The zero-order valence-corrected chi connectivity index (χ0v) is 10.9. The summed E-state index contributed by atoms with van der Waals surface area (Å²) in [5, 5.41) is 3.37. The Balaban J connectivity index is 2.11. The highest BCUT2D eigenvalue weighted by Crippen LogP contribution is 2.15. The van der Waals surface area contributed by atoms with Crippen LogP contribution in [0.15, 0.2) is 6.20 Å². The molecule has 1 aromatic heterocycles. The molecule has 0 bridgehead atoms. The number of hydrogen-bond donors (Lipinski definition) is 1. The van der Waals surface area contributed by atoms with Gasteiger partial charge in [0.1, 0.15) is 0 Å². The van der Waals surface area contributed by atoms with E-state index < -0.39 is 0 Å². The van der Waals surface area contributed by atoms with E-state index in [0.717, 1.165) is 18.7 Å². The first-order valence-electron chi connectivity index (χ1n) is 5.81. The van der Waals surface area contributed by atoms with E-state index in [9.17, 15) is 4.79 Å². The third-order valence-corrected chi connectivity index (χ3v) is 3.57. The standard InChI is InChI=1S/C11H17ClN4O/c1-3-9-10(17)13-4-5-16(9)7-8-6-14-11(12)15(8)2/h6,9H,3-5,7H2,1-2H3,(H,13,17). The number of carbonyl (C=O) groups excluding carboxylic acids is 1. The fourth-order valence-electron chi connectivity index (χ4n) is 2.17. The molecule has 1 fully saturated rings. The van der Waals surface area contributed by atoms with Crippen LogP contribution in [-0.4, -0.2) is 39.5 Å². The predicted octanol–water partition coefficient (Wildman–Crippen LogP) is 0.784. The van der Waals surface area contributed by atoms with E-state index in [4.69, 9.17) is 11.6 Å². The molecule has 1 saturated heterocycles. The lowest BCUT2D eigenvalue weighted by Gasteiger charge is -2.34. The highest BCUT2D eigenvalue weighted by molar-refractivity contribution is 6.28. The van der Waals surface area contributed by atoms with Gasteiger partial charge in [0.2, 0.25) is 11.2 Å². The highest BCUT2D eigenvalue weighted by Gasteiger charge is 2.28. The zero-order chi connectivity index (χ0) is 12.4. The highest BCUT2D eigenvalue weighted by atomic mass is 35.5. The Hall–Kier alpha value is -1.07. The van der Waals surface area contributed by atoms with Crippen LogP contribution in [0.25, 0.3) is 0 Å². The van der Waals surface area contributed by atoms with Crippen LogP contribution < -0.4 is 5.32 Å². The number of aromatic nitrogens is 2. The van der Waals surface area contributed by atoms with Crippen LogP contribution in [0.4, 0.5) is 0 Å². The van der Waals surface area contributed by atoms with Gasteiger partial charge < -0.3 is 9.88 Å². The van der Waals surface area contributed by atoms with Gasteiger partial charge in [0, 0.05) is 26.7 Å². The molecule has 1 N–H and O–H groups in total. The molecule has 94 valence electrons. The normalized spacial score (nSPS) is 21.6. The summed E-state index contributed by atoms with van der Waals surface area (Å²) in [6.45, 7) is 4.31. The van der Waals surface area contributed by atoms with Crippen molar-refractivity contribution in [1.29, 1.82) is 0 Å². The van der Waals surface area contributed by atoms with Crippen molar-refractivity contribution in [3.8, 4) is 0 Å². The molecule has 17 heavy (non-hydrogen) atoms. The van der Waals surface area contributed by atoms with Gasteiger partial charge in [-0.3, -0.25) is 9.69 Å².